The van der Waals surface area contributed by atoms with Gasteiger partial charge in [0.1, 0.15) is 0 Å². The second kappa shape index (κ2) is 5.35. The summed E-state index contributed by atoms with van der Waals surface area (Å²) in [6, 6.07) is 8.09. The summed E-state index contributed by atoms with van der Waals surface area (Å²) < 4.78 is 5.30. The Bertz CT molecular complexity index is 472. The average Bonchev–Trinajstić information content (AvgIpc) is 2.72. The van der Waals surface area contributed by atoms with Gasteiger partial charge in [-0.25, -0.2) is 0 Å². The monoisotopic (exact) mass is 231 g/mol. The highest BCUT2D eigenvalue weighted by Crippen LogP contribution is 2.22. The lowest BCUT2D eigenvalue weighted by atomic mass is 9.92. The maximum absolute atomic E-state index is 5.30. The van der Waals surface area contributed by atoms with Crippen LogP contribution in [0.5, 0.6) is 0 Å². The summed E-state index contributed by atoms with van der Waals surface area (Å²) in [6.45, 7) is 6.90. The Kier molecular flexibility index (Phi) is 3.82. The van der Waals surface area contributed by atoms with Crippen molar-refractivity contribution >= 4 is 11.0 Å². The molecule has 0 saturated heterocycles. The second-order valence-electron chi connectivity index (χ2n) is 5.24. The van der Waals surface area contributed by atoms with Crippen molar-refractivity contribution in [2.45, 2.75) is 40.0 Å². The number of nitrogens with zero attached hydrogens (tertiary/aromatic N) is 1. The standard InChI is InChI=1S/C15H21NO/c1-11(2)12(3)7-6-9-14-13-8-4-5-10-15(13)17-16-14/h4-5,8,10-12H,6-7,9H2,1-3H3. The first kappa shape index (κ1) is 12.2. The van der Waals surface area contributed by atoms with Crippen molar-refractivity contribution in [1.29, 1.82) is 0 Å². The quantitative estimate of drug-likeness (QED) is 0.760. The molecule has 1 aromatic carbocycles. The molecule has 0 aliphatic carbocycles. The Labute approximate surface area is 103 Å². The van der Waals surface area contributed by atoms with Crippen molar-refractivity contribution in [3.8, 4) is 0 Å². The normalized spacial score (nSPS) is 13.4. The van der Waals surface area contributed by atoms with E-state index in [1.807, 2.05) is 18.2 Å². The molecule has 2 aromatic rings. The predicted molar refractivity (Wildman–Crippen MR) is 70.9 cm³/mol. The Hall–Kier alpha value is -1.31. The van der Waals surface area contributed by atoms with E-state index in [9.17, 15) is 0 Å². The lowest BCUT2D eigenvalue weighted by Crippen LogP contribution is -2.04. The van der Waals surface area contributed by atoms with E-state index in [-0.39, 0.29) is 0 Å². The zero-order valence-corrected chi connectivity index (χ0v) is 10.9. The molecule has 0 spiro atoms. The van der Waals surface area contributed by atoms with Crippen molar-refractivity contribution in [2.75, 3.05) is 0 Å². The fourth-order valence-corrected chi connectivity index (χ4v) is 2.04. The van der Waals surface area contributed by atoms with Gasteiger partial charge in [0.15, 0.2) is 5.58 Å². The van der Waals surface area contributed by atoms with Crippen LogP contribution < -0.4 is 0 Å². The number of hydrogen-bond donors (Lipinski definition) is 0. The Morgan fingerprint density at radius 2 is 1.94 bits per heavy atom. The largest absolute Gasteiger partial charge is 0.356 e. The van der Waals surface area contributed by atoms with E-state index in [0.717, 1.165) is 29.5 Å². The summed E-state index contributed by atoms with van der Waals surface area (Å²) in [5, 5.41) is 5.33. The molecular weight excluding hydrogens is 210 g/mol. The van der Waals surface area contributed by atoms with Crippen LogP contribution in [-0.4, -0.2) is 5.16 Å². The van der Waals surface area contributed by atoms with Crippen LogP contribution in [0.25, 0.3) is 11.0 Å². The predicted octanol–water partition coefficient (Wildman–Crippen LogP) is 4.44. The molecule has 2 nitrogen and oxygen atoms in total. The van der Waals surface area contributed by atoms with Gasteiger partial charge in [-0.1, -0.05) is 44.5 Å². The van der Waals surface area contributed by atoms with Gasteiger partial charge in [0.25, 0.3) is 0 Å². The molecular formula is C15H21NO. The number of para-hydroxylation sites is 1. The summed E-state index contributed by atoms with van der Waals surface area (Å²) >= 11 is 0. The Morgan fingerprint density at radius 3 is 2.71 bits per heavy atom. The van der Waals surface area contributed by atoms with Crippen LogP contribution >= 0.6 is 0 Å². The first-order chi connectivity index (χ1) is 8.18. The van der Waals surface area contributed by atoms with Gasteiger partial charge >= 0.3 is 0 Å². The van der Waals surface area contributed by atoms with Crippen LogP contribution in [0.3, 0.4) is 0 Å². The maximum Gasteiger partial charge on any atom is 0.167 e. The number of benzene rings is 1. The minimum Gasteiger partial charge on any atom is -0.356 e. The van der Waals surface area contributed by atoms with Crippen LogP contribution in [-0.2, 0) is 6.42 Å². The zero-order valence-electron chi connectivity index (χ0n) is 10.9. The fraction of sp³-hybridized carbons (Fsp3) is 0.533. The summed E-state index contributed by atoms with van der Waals surface area (Å²) in [7, 11) is 0. The van der Waals surface area contributed by atoms with Crippen LogP contribution in [0.2, 0.25) is 0 Å². The summed E-state index contributed by atoms with van der Waals surface area (Å²) in [4.78, 5) is 0. The lowest BCUT2D eigenvalue weighted by Gasteiger charge is -2.14. The van der Waals surface area contributed by atoms with Gasteiger partial charge in [-0.05, 0) is 36.8 Å². The number of aromatic nitrogens is 1. The lowest BCUT2D eigenvalue weighted by molar-refractivity contribution is 0.379. The molecule has 0 fully saturated rings. The highest BCUT2D eigenvalue weighted by molar-refractivity contribution is 5.79. The first-order valence-electron chi connectivity index (χ1n) is 6.51. The minimum absolute atomic E-state index is 0.768. The van der Waals surface area contributed by atoms with E-state index in [4.69, 9.17) is 4.52 Å². The third-order valence-corrected chi connectivity index (χ3v) is 3.66. The molecule has 0 aliphatic heterocycles. The number of hydrogen-bond acceptors (Lipinski definition) is 2. The van der Waals surface area contributed by atoms with E-state index in [0.29, 0.717) is 0 Å². The zero-order chi connectivity index (χ0) is 12.3. The molecule has 0 radical (unpaired) electrons. The fourth-order valence-electron chi connectivity index (χ4n) is 2.04. The SMILES string of the molecule is CC(C)C(C)CCCc1noc2ccccc12. The molecule has 2 heteroatoms. The van der Waals surface area contributed by atoms with Gasteiger partial charge in [0.2, 0.25) is 0 Å². The molecule has 1 aromatic heterocycles. The van der Waals surface area contributed by atoms with Gasteiger partial charge < -0.3 is 4.52 Å². The number of rotatable bonds is 5. The molecule has 2 rings (SSSR count). The molecule has 1 atom stereocenters. The number of fused-ring (bicyclic) bond motifs is 1. The van der Waals surface area contributed by atoms with Crippen LogP contribution in [0, 0.1) is 11.8 Å². The summed E-state index contributed by atoms with van der Waals surface area (Å²) in [6.07, 6.45) is 3.48. The van der Waals surface area contributed by atoms with E-state index in [1.54, 1.807) is 0 Å². The average molecular weight is 231 g/mol. The molecule has 0 bridgehead atoms. The summed E-state index contributed by atoms with van der Waals surface area (Å²) in [5.74, 6) is 1.55. The van der Waals surface area contributed by atoms with Crippen molar-refractivity contribution < 1.29 is 4.52 Å². The van der Waals surface area contributed by atoms with Gasteiger partial charge in [-0.3, -0.25) is 0 Å². The number of aryl methyl sites for hydroxylation is 1. The smallest absolute Gasteiger partial charge is 0.167 e. The van der Waals surface area contributed by atoms with Crippen molar-refractivity contribution in [3.05, 3.63) is 30.0 Å². The molecule has 17 heavy (non-hydrogen) atoms. The molecule has 0 N–H and O–H groups in total. The van der Waals surface area contributed by atoms with E-state index in [1.165, 1.54) is 18.2 Å². The molecule has 1 heterocycles. The van der Waals surface area contributed by atoms with Gasteiger partial charge in [-0.15, -0.1) is 0 Å². The minimum atomic E-state index is 0.768. The highest BCUT2D eigenvalue weighted by atomic mass is 16.5. The van der Waals surface area contributed by atoms with Crippen LogP contribution in [0.1, 0.15) is 39.3 Å². The molecule has 0 amide bonds. The van der Waals surface area contributed by atoms with Gasteiger partial charge in [0, 0.05) is 5.39 Å². The van der Waals surface area contributed by atoms with Crippen LogP contribution in [0.15, 0.2) is 28.8 Å². The van der Waals surface area contributed by atoms with Crippen molar-refractivity contribution in [1.82, 2.24) is 5.16 Å². The molecule has 92 valence electrons. The molecule has 1 unspecified atom stereocenters. The van der Waals surface area contributed by atoms with E-state index in [2.05, 4.69) is 32.0 Å². The van der Waals surface area contributed by atoms with Crippen molar-refractivity contribution in [2.24, 2.45) is 11.8 Å². The van der Waals surface area contributed by atoms with Crippen LogP contribution in [0.4, 0.5) is 0 Å². The van der Waals surface area contributed by atoms with Crippen molar-refractivity contribution in [3.63, 3.8) is 0 Å². The first-order valence-corrected chi connectivity index (χ1v) is 6.51. The van der Waals surface area contributed by atoms with E-state index < -0.39 is 0 Å². The molecule has 0 aliphatic rings. The van der Waals surface area contributed by atoms with Gasteiger partial charge in [0.05, 0.1) is 5.69 Å². The third kappa shape index (κ3) is 2.87. The second-order valence-corrected chi connectivity index (χ2v) is 5.24. The summed E-state index contributed by atoms with van der Waals surface area (Å²) in [5.41, 5.74) is 2.01. The topological polar surface area (TPSA) is 26.0 Å². The highest BCUT2D eigenvalue weighted by Gasteiger charge is 2.10. The Morgan fingerprint density at radius 1 is 1.18 bits per heavy atom. The van der Waals surface area contributed by atoms with E-state index >= 15 is 0 Å². The maximum atomic E-state index is 5.30. The van der Waals surface area contributed by atoms with Gasteiger partial charge in [-0.2, -0.15) is 0 Å². The third-order valence-electron chi connectivity index (χ3n) is 3.66. The Balaban J connectivity index is 1.95. The molecule has 0 saturated carbocycles.